The van der Waals surface area contributed by atoms with E-state index in [1.807, 2.05) is 42.5 Å². The van der Waals surface area contributed by atoms with Gasteiger partial charge in [-0.1, -0.05) is 45.7 Å². The molecule has 1 aliphatic heterocycles. The van der Waals surface area contributed by atoms with Crippen LogP contribution in [0.25, 0.3) is 6.08 Å². The van der Waals surface area contributed by atoms with E-state index in [-0.39, 0.29) is 12.5 Å². The number of amides is 1. The van der Waals surface area contributed by atoms with E-state index in [4.69, 9.17) is 21.1 Å². The van der Waals surface area contributed by atoms with Gasteiger partial charge >= 0.3 is 0 Å². The molecule has 33 heavy (non-hydrogen) atoms. The number of hydrogen-bond donors (Lipinski definition) is 1. The molecule has 172 valence electrons. The van der Waals surface area contributed by atoms with Crippen molar-refractivity contribution in [1.29, 1.82) is 0 Å². The number of nitrogens with one attached hydrogen (secondary N) is 1. The van der Waals surface area contributed by atoms with E-state index in [0.717, 1.165) is 46.6 Å². The van der Waals surface area contributed by atoms with Crippen molar-refractivity contribution in [2.45, 2.75) is 12.8 Å². The Morgan fingerprint density at radius 3 is 2.73 bits per heavy atom. The lowest BCUT2D eigenvalue weighted by molar-refractivity contribution is -0.123. The number of carbonyl (C=O) groups is 1. The third-order valence-corrected chi connectivity index (χ3v) is 6.13. The monoisotopic (exact) mass is 529 g/mol. The first-order chi connectivity index (χ1) is 16.1. The van der Waals surface area contributed by atoms with Crippen LogP contribution >= 0.6 is 27.5 Å². The average Bonchev–Trinajstić information content (AvgIpc) is 3.22. The zero-order valence-corrected chi connectivity index (χ0v) is 20.4. The van der Waals surface area contributed by atoms with Gasteiger partial charge in [-0.2, -0.15) is 5.10 Å². The largest absolute Gasteiger partial charge is 0.484 e. The highest BCUT2D eigenvalue weighted by atomic mass is 79.9. The molecule has 1 aliphatic carbocycles. The molecule has 8 heteroatoms. The number of hydrazone groups is 1. The van der Waals surface area contributed by atoms with Crippen LogP contribution in [-0.4, -0.2) is 49.9 Å². The van der Waals surface area contributed by atoms with E-state index in [1.54, 1.807) is 12.3 Å². The van der Waals surface area contributed by atoms with Gasteiger partial charge in [-0.3, -0.25) is 4.79 Å². The molecule has 0 bridgehead atoms. The van der Waals surface area contributed by atoms with Crippen LogP contribution in [0.2, 0.25) is 5.02 Å². The summed E-state index contributed by atoms with van der Waals surface area (Å²) in [5, 5.41) is 4.93. The Labute approximate surface area is 207 Å². The lowest BCUT2D eigenvalue weighted by Crippen LogP contribution is -2.36. The summed E-state index contributed by atoms with van der Waals surface area (Å²) in [6, 6.07) is 15.2. The minimum Gasteiger partial charge on any atom is -0.484 e. The Kier molecular flexibility index (Phi) is 8.20. The molecule has 0 saturated carbocycles. The Morgan fingerprint density at radius 1 is 1.18 bits per heavy atom. The van der Waals surface area contributed by atoms with E-state index in [9.17, 15) is 4.79 Å². The number of allylic oxidation sites excluding steroid dienone is 2. The van der Waals surface area contributed by atoms with Crippen molar-refractivity contribution in [3.05, 3.63) is 80.4 Å². The number of rotatable bonds is 7. The van der Waals surface area contributed by atoms with Gasteiger partial charge in [0.25, 0.3) is 5.91 Å². The van der Waals surface area contributed by atoms with Crippen LogP contribution in [0.1, 0.15) is 18.4 Å². The summed E-state index contributed by atoms with van der Waals surface area (Å²) >= 11 is 9.42. The Balaban J connectivity index is 1.45. The number of hydrogen-bond acceptors (Lipinski definition) is 5. The minimum absolute atomic E-state index is 0.106. The Hall–Kier alpha value is -2.61. The van der Waals surface area contributed by atoms with Gasteiger partial charge in [-0.25, -0.2) is 5.43 Å². The van der Waals surface area contributed by atoms with Crippen molar-refractivity contribution in [3.8, 4) is 5.75 Å². The lowest BCUT2D eigenvalue weighted by Gasteiger charge is -2.31. The highest BCUT2D eigenvalue weighted by Gasteiger charge is 2.25. The molecular weight excluding hydrogens is 506 g/mol. The fourth-order valence-electron chi connectivity index (χ4n) is 3.85. The van der Waals surface area contributed by atoms with Crippen LogP contribution in [-0.2, 0) is 9.53 Å². The number of carbonyl (C=O) groups excluding carboxylic acids is 1. The van der Waals surface area contributed by atoms with Crippen LogP contribution in [0.4, 0.5) is 0 Å². The minimum atomic E-state index is -0.310. The summed E-state index contributed by atoms with van der Waals surface area (Å²) in [5.41, 5.74) is 7.21. The first-order valence-corrected chi connectivity index (χ1v) is 12.0. The number of ether oxygens (including phenoxy) is 2. The lowest BCUT2D eigenvalue weighted by atomic mass is 10.1. The van der Waals surface area contributed by atoms with Gasteiger partial charge in [0.2, 0.25) is 0 Å². The average molecular weight is 531 g/mol. The molecule has 1 saturated heterocycles. The second-order valence-corrected chi connectivity index (χ2v) is 9.09. The van der Waals surface area contributed by atoms with E-state index >= 15 is 0 Å². The molecule has 0 radical (unpaired) electrons. The maximum absolute atomic E-state index is 12.2. The molecule has 4 rings (SSSR count). The zero-order chi connectivity index (χ0) is 23.0. The molecule has 2 aromatic carbocycles. The van der Waals surface area contributed by atoms with Crippen molar-refractivity contribution >= 4 is 45.7 Å². The highest BCUT2D eigenvalue weighted by Crippen LogP contribution is 2.35. The number of nitrogens with zero attached hydrogens (tertiary/aromatic N) is 2. The highest BCUT2D eigenvalue weighted by molar-refractivity contribution is 9.10. The predicted molar refractivity (Wildman–Crippen MR) is 134 cm³/mol. The van der Waals surface area contributed by atoms with Crippen LogP contribution in [0, 0.1) is 0 Å². The van der Waals surface area contributed by atoms with Gasteiger partial charge < -0.3 is 14.4 Å². The molecule has 2 aromatic rings. The van der Waals surface area contributed by atoms with Crippen LogP contribution in [0.5, 0.6) is 5.75 Å². The van der Waals surface area contributed by atoms with Crippen molar-refractivity contribution in [2.24, 2.45) is 5.10 Å². The smallest absolute Gasteiger partial charge is 0.277 e. The topological polar surface area (TPSA) is 63.2 Å². The van der Waals surface area contributed by atoms with E-state index in [1.165, 1.54) is 11.3 Å². The number of halogens is 2. The molecule has 0 spiro atoms. The van der Waals surface area contributed by atoms with Crippen LogP contribution < -0.4 is 10.2 Å². The summed E-state index contributed by atoms with van der Waals surface area (Å²) in [5.74, 6) is 0.309. The standard InChI is InChI=1S/C25H25BrClN3O3/c26-21-2-1-3-23(15-21)33-17-24(31)29-28-16-20-7-6-19(14-18-4-8-22(27)9-5-18)25(20)30-10-12-32-13-11-30/h1-5,8-9,14-16H,6-7,10-13,17H2,(H,29,31). The van der Waals surface area contributed by atoms with Gasteiger partial charge in [0.1, 0.15) is 5.75 Å². The maximum atomic E-state index is 12.2. The first-order valence-electron chi connectivity index (χ1n) is 10.8. The summed E-state index contributed by atoms with van der Waals surface area (Å²) in [6.45, 7) is 2.96. The SMILES string of the molecule is O=C(COc1cccc(Br)c1)NN=CC1=C(N2CCOCC2)C(=Cc2ccc(Cl)cc2)CC1. The first kappa shape index (κ1) is 23.5. The molecule has 0 unspecified atom stereocenters. The third kappa shape index (κ3) is 6.69. The van der Waals surface area contributed by atoms with Crippen molar-refractivity contribution in [3.63, 3.8) is 0 Å². The normalized spacial score (nSPS) is 17.8. The Bertz CT molecular complexity index is 1080. The molecular formula is C25H25BrClN3O3. The van der Waals surface area contributed by atoms with E-state index < -0.39 is 0 Å². The summed E-state index contributed by atoms with van der Waals surface area (Å²) in [6.07, 6.45) is 5.73. The second-order valence-electron chi connectivity index (χ2n) is 7.73. The second kappa shape index (κ2) is 11.5. The fraction of sp³-hybridized carbons (Fsp3) is 0.280. The number of morpholine rings is 1. The zero-order valence-electron chi connectivity index (χ0n) is 18.1. The molecule has 1 heterocycles. The van der Waals surface area contributed by atoms with Gasteiger partial charge in [0, 0.05) is 28.3 Å². The summed E-state index contributed by atoms with van der Waals surface area (Å²) in [4.78, 5) is 14.5. The molecule has 2 aliphatic rings. The predicted octanol–water partition coefficient (Wildman–Crippen LogP) is 5.05. The summed E-state index contributed by atoms with van der Waals surface area (Å²) in [7, 11) is 0. The van der Waals surface area contributed by atoms with Gasteiger partial charge in [0.05, 0.1) is 19.4 Å². The summed E-state index contributed by atoms with van der Waals surface area (Å²) < 4.78 is 11.9. The van der Waals surface area contributed by atoms with E-state index in [2.05, 4.69) is 37.4 Å². The third-order valence-electron chi connectivity index (χ3n) is 5.39. The molecule has 1 N–H and O–H groups in total. The van der Waals surface area contributed by atoms with Crippen molar-refractivity contribution in [2.75, 3.05) is 32.9 Å². The molecule has 0 aromatic heterocycles. The maximum Gasteiger partial charge on any atom is 0.277 e. The number of benzene rings is 2. The molecule has 1 fully saturated rings. The van der Waals surface area contributed by atoms with Crippen molar-refractivity contribution < 1.29 is 14.3 Å². The van der Waals surface area contributed by atoms with Gasteiger partial charge in [0.15, 0.2) is 6.61 Å². The van der Waals surface area contributed by atoms with E-state index in [0.29, 0.717) is 19.0 Å². The van der Waals surface area contributed by atoms with Gasteiger partial charge in [-0.05, 0) is 66.0 Å². The van der Waals surface area contributed by atoms with Gasteiger partial charge in [-0.15, -0.1) is 0 Å². The molecule has 0 atom stereocenters. The Morgan fingerprint density at radius 2 is 1.97 bits per heavy atom. The fourth-order valence-corrected chi connectivity index (χ4v) is 4.36. The van der Waals surface area contributed by atoms with Crippen LogP contribution in [0.15, 0.2) is 74.9 Å². The molecule has 1 amide bonds. The quantitative estimate of drug-likeness (QED) is 0.402. The van der Waals surface area contributed by atoms with Crippen LogP contribution in [0.3, 0.4) is 0 Å². The molecule has 6 nitrogen and oxygen atoms in total. The van der Waals surface area contributed by atoms with Crippen molar-refractivity contribution in [1.82, 2.24) is 10.3 Å².